The van der Waals surface area contributed by atoms with Gasteiger partial charge in [-0.15, -0.1) is 0 Å². The van der Waals surface area contributed by atoms with Gasteiger partial charge in [-0.25, -0.2) is 13.8 Å². The van der Waals surface area contributed by atoms with Crippen molar-refractivity contribution in [3.63, 3.8) is 0 Å². The third kappa shape index (κ3) is 16.5. The minimum atomic E-state index is -1.59. The Bertz CT molecular complexity index is 2090. The van der Waals surface area contributed by atoms with Crippen molar-refractivity contribution in [3.8, 4) is 0 Å². The summed E-state index contributed by atoms with van der Waals surface area (Å²) in [5.41, 5.74) is 29.0. The summed E-state index contributed by atoms with van der Waals surface area (Å²) in [6, 6.07) is 11.2. The highest BCUT2D eigenvalue weighted by atomic mass is 19.1. The predicted octanol–water partition coefficient (Wildman–Crippen LogP) is 1.15. The highest BCUT2D eigenvalue weighted by molar-refractivity contribution is 6.06. The van der Waals surface area contributed by atoms with E-state index in [0.717, 1.165) is 25.1 Å². The van der Waals surface area contributed by atoms with Gasteiger partial charge in [-0.2, -0.15) is 0 Å². The molecule has 0 aliphatic heterocycles. The van der Waals surface area contributed by atoms with Crippen LogP contribution in [0.4, 0.5) is 14.5 Å². The van der Waals surface area contributed by atoms with Gasteiger partial charge in [0, 0.05) is 32.4 Å². The molecule has 0 saturated carbocycles. The molecule has 3 aromatic carbocycles. The summed E-state index contributed by atoms with van der Waals surface area (Å²) in [7, 11) is 0. The van der Waals surface area contributed by atoms with Crippen LogP contribution in [0.1, 0.15) is 56.7 Å². The van der Waals surface area contributed by atoms with Crippen molar-refractivity contribution >= 4 is 59.1 Å². The highest BCUT2D eigenvalue weighted by Gasteiger charge is 2.36. The Morgan fingerprint density at radius 2 is 1.21 bits per heavy atom. The number of benzene rings is 3. The molecule has 0 bridgehead atoms. The van der Waals surface area contributed by atoms with Crippen LogP contribution in [0, 0.1) is 17.6 Å². The molecule has 0 fully saturated rings. The largest absolute Gasteiger partial charge is 0.370 e. The minimum Gasteiger partial charge on any atom is -0.370 e. The normalized spacial score (nSPS) is 13.0. The number of guanidine groups is 2. The number of primary amides is 1. The number of amides is 6. The quantitative estimate of drug-likeness (QED) is 0.0328. The molecule has 4 atom stereocenters. The average Bonchev–Trinajstić information content (AvgIpc) is 3.18. The fraction of sp³-hybridized carbons (Fsp3) is 0.333. The smallest absolute Gasteiger partial charge is 0.253 e. The molecule has 3 aromatic rings. The van der Waals surface area contributed by atoms with E-state index in [1.165, 1.54) is 42.5 Å². The summed E-state index contributed by atoms with van der Waals surface area (Å²) in [5, 5.41) is 7.96. The Labute approximate surface area is 352 Å². The van der Waals surface area contributed by atoms with Crippen molar-refractivity contribution in [3.05, 3.63) is 107 Å². The second kappa shape index (κ2) is 23.4. The summed E-state index contributed by atoms with van der Waals surface area (Å²) < 4.78 is 27.4. The van der Waals surface area contributed by atoms with Gasteiger partial charge in [-0.3, -0.25) is 38.7 Å². The number of imide groups is 1. The molecule has 13 N–H and O–H groups in total. The van der Waals surface area contributed by atoms with Crippen molar-refractivity contribution in [2.75, 3.05) is 6.54 Å². The predicted molar refractivity (Wildman–Crippen MR) is 227 cm³/mol. The number of halogens is 2. The zero-order valence-electron chi connectivity index (χ0n) is 34.1. The third-order valence-electron chi connectivity index (χ3n) is 9.03. The van der Waals surface area contributed by atoms with Gasteiger partial charge in [0.05, 0.1) is 5.69 Å². The first kappa shape index (κ1) is 48.2. The van der Waals surface area contributed by atoms with Crippen LogP contribution in [0.5, 0.6) is 0 Å². The third-order valence-corrected chi connectivity index (χ3v) is 9.03. The number of nitrogens with two attached hydrogens (primary N) is 5. The number of carbonyl (C=O) groups excluding carboxylic acids is 6. The van der Waals surface area contributed by atoms with Crippen LogP contribution in [0.25, 0.3) is 6.08 Å². The van der Waals surface area contributed by atoms with Gasteiger partial charge in [-0.05, 0) is 84.3 Å². The zero-order chi connectivity index (χ0) is 45.2. The van der Waals surface area contributed by atoms with E-state index in [1.807, 2.05) is 13.8 Å². The van der Waals surface area contributed by atoms with E-state index in [4.69, 9.17) is 28.7 Å². The number of rotatable bonds is 21. The summed E-state index contributed by atoms with van der Waals surface area (Å²) in [6.07, 6.45) is 2.39. The van der Waals surface area contributed by atoms with Crippen LogP contribution in [-0.4, -0.2) is 83.0 Å². The van der Waals surface area contributed by atoms with E-state index in [1.54, 1.807) is 24.3 Å². The van der Waals surface area contributed by atoms with E-state index in [2.05, 4.69) is 25.9 Å². The molecule has 326 valence electrons. The first-order chi connectivity index (χ1) is 28.8. The minimum absolute atomic E-state index is 0.0919. The lowest BCUT2D eigenvalue weighted by molar-refractivity contribution is -0.148. The van der Waals surface area contributed by atoms with E-state index >= 15 is 0 Å². The van der Waals surface area contributed by atoms with Gasteiger partial charge in [-0.1, -0.05) is 50.2 Å². The number of hydrogen-bond donors (Lipinski definition) is 8. The van der Waals surface area contributed by atoms with Crippen molar-refractivity contribution in [2.45, 2.75) is 77.0 Å². The summed E-state index contributed by atoms with van der Waals surface area (Å²) >= 11 is 0. The number of nitrogens with zero attached hydrogens (tertiary/aromatic N) is 3. The topological polar surface area (TPSA) is 297 Å². The number of aliphatic imine (C=N–C) groups is 2. The van der Waals surface area contributed by atoms with E-state index in [-0.39, 0.29) is 50.1 Å². The van der Waals surface area contributed by atoms with Crippen molar-refractivity contribution < 1.29 is 37.5 Å². The maximum atomic E-state index is 14.5. The van der Waals surface area contributed by atoms with E-state index < -0.39 is 71.2 Å². The van der Waals surface area contributed by atoms with Gasteiger partial charge < -0.3 is 44.6 Å². The molecule has 0 spiro atoms. The molecule has 17 nitrogen and oxygen atoms in total. The van der Waals surface area contributed by atoms with E-state index in [9.17, 15) is 37.5 Å². The lowest BCUT2D eigenvalue weighted by Gasteiger charge is -2.30. The highest BCUT2D eigenvalue weighted by Crippen LogP contribution is 2.18. The first-order valence-corrected chi connectivity index (χ1v) is 19.3. The molecule has 0 aliphatic rings. The number of carbonyl (C=O) groups is 6. The maximum Gasteiger partial charge on any atom is 0.253 e. The van der Waals surface area contributed by atoms with Gasteiger partial charge in [0.25, 0.3) is 5.91 Å². The van der Waals surface area contributed by atoms with Crippen LogP contribution < -0.4 is 44.6 Å². The second-order valence-corrected chi connectivity index (χ2v) is 14.5. The number of nitrogens with one attached hydrogen (secondary N) is 3. The molecular weight excluding hydrogens is 793 g/mol. The van der Waals surface area contributed by atoms with Crippen LogP contribution in [0.15, 0.2) is 88.9 Å². The molecule has 0 aromatic heterocycles. The monoisotopic (exact) mass is 845 g/mol. The van der Waals surface area contributed by atoms with Gasteiger partial charge >= 0.3 is 0 Å². The Kier molecular flexibility index (Phi) is 18.5. The van der Waals surface area contributed by atoms with Crippen molar-refractivity contribution in [2.24, 2.45) is 44.6 Å². The van der Waals surface area contributed by atoms with Gasteiger partial charge in [0.2, 0.25) is 29.5 Å². The van der Waals surface area contributed by atoms with Crippen LogP contribution in [0.3, 0.4) is 0 Å². The molecule has 4 unspecified atom stereocenters. The average molecular weight is 846 g/mol. The van der Waals surface area contributed by atoms with Crippen molar-refractivity contribution in [1.82, 2.24) is 20.9 Å². The second-order valence-electron chi connectivity index (χ2n) is 14.5. The lowest BCUT2D eigenvalue weighted by Crippen LogP contribution is -2.59. The molecule has 6 amide bonds. The Morgan fingerprint density at radius 3 is 1.75 bits per heavy atom. The first-order valence-electron chi connectivity index (χ1n) is 19.3. The zero-order valence-corrected chi connectivity index (χ0v) is 34.1. The molecule has 0 heterocycles. The molecule has 61 heavy (non-hydrogen) atoms. The van der Waals surface area contributed by atoms with Gasteiger partial charge in [0.15, 0.2) is 11.9 Å². The van der Waals surface area contributed by atoms with Crippen LogP contribution in [0.2, 0.25) is 0 Å². The molecule has 0 saturated heterocycles. The SMILES string of the molecule is CC(=O)N(C(=O)/C=C/c1ccc(F)cc1)C(Cc1ccc(F)cc1)C(=O)NC(Cc1ccc(N=C(N)N)cc1)C(=O)NC(CC(C)C)C(=O)NC(CCCN=C(N)N)C(N)=O. The Balaban J connectivity index is 2.03. The molecule has 0 aliphatic carbocycles. The standard InChI is InChI=1S/C42H53F2N11O6/c1-24(2)21-33(38(59)52-32(37(45)58)5-4-20-50-41(46)47)53-39(60)34(22-27-10-17-31(18-11-27)51-42(48)49)54-40(61)35(23-28-8-15-30(44)16-9-28)55(25(3)56)36(57)19-12-26-6-13-29(43)14-7-26/h6-19,24,32-35H,4-5,20-23H2,1-3H3,(H2,45,58)(H,52,59)(H,53,60)(H,54,61)(H4,46,47,50)(H4,48,49,51)/b19-12+. The summed E-state index contributed by atoms with van der Waals surface area (Å²) in [5.74, 6) is -6.63. The van der Waals surface area contributed by atoms with Crippen molar-refractivity contribution in [1.29, 1.82) is 0 Å². The fourth-order valence-corrected chi connectivity index (χ4v) is 6.10. The molecule has 0 radical (unpaired) electrons. The van der Waals surface area contributed by atoms with Gasteiger partial charge in [0.1, 0.15) is 35.8 Å². The Hall–Kier alpha value is -7.18. The molecule has 3 rings (SSSR count). The van der Waals surface area contributed by atoms with E-state index in [0.29, 0.717) is 33.7 Å². The fourth-order valence-electron chi connectivity index (χ4n) is 6.10. The number of hydrogen-bond acceptors (Lipinski definition) is 8. The maximum absolute atomic E-state index is 14.5. The van der Waals surface area contributed by atoms with Crippen LogP contribution >= 0.6 is 0 Å². The molecular formula is C42H53F2N11O6. The Morgan fingerprint density at radius 1 is 0.689 bits per heavy atom. The lowest BCUT2D eigenvalue weighted by atomic mass is 9.99. The summed E-state index contributed by atoms with van der Waals surface area (Å²) in [6.45, 7) is 4.86. The summed E-state index contributed by atoms with van der Waals surface area (Å²) in [4.78, 5) is 90.2. The molecule has 19 heteroatoms. The van der Waals surface area contributed by atoms with Crippen LogP contribution in [-0.2, 0) is 41.6 Å².